The predicted octanol–water partition coefficient (Wildman–Crippen LogP) is 3.70. The molecular weight excluding hydrogens is 274 g/mol. The average molecular weight is 299 g/mol. The van der Waals surface area contributed by atoms with Gasteiger partial charge in [-0.1, -0.05) is 42.5 Å². The van der Waals surface area contributed by atoms with Gasteiger partial charge in [0.1, 0.15) is 12.4 Å². The summed E-state index contributed by atoms with van der Waals surface area (Å²) in [6.45, 7) is 7.72. The van der Waals surface area contributed by atoms with Crippen LogP contribution in [0.3, 0.4) is 0 Å². The van der Waals surface area contributed by atoms with Gasteiger partial charge in [0.15, 0.2) is 0 Å². The Morgan fingerprint density at radius 1 is 0.864 bits per heavy atom. The molecule has 0 aliphatic heterocycles. The van der Waals surface area contributed by atoms with E-state index in [0.29, 0.717) is 13.2 Å². The molecule has 0 aliphatic carbocycles. The van der Waals surface area contributed by atoms with Gasteiger partial charge in [-0.15, -0.1) is 0 Å². The maximum absolute atomic E-state index is 5.80. The molecular formula is C19H25NO2. The van der Waals surface area contributed by atoms with Gasteiger partial charge in [0, 0.05) is 25.3 Å². The van der Waals surface area contributed by atoms with E-state index in [4.69, 9.17) is 9.47 Å². The number of para-hydroxylation sites is 1. The van der Waals surface area contributed by atoms with Crippen molar-refractivity contribution in [2.45, 2.75) is 26.9 Å². The van der Waals surface area contributed by atoms with E-state index >= 15 is 0 Å². The zero-order chi connectivity index (χ0) is 15.6. The number of benzene rings is 2. The van der Waals surface area contributed by atoms with Gasteiger partial charge in [-0.05, 0) is 31.0 Å². The molecule has 0 amide bonds. The maximum Gasteiger partial charge on any atom is 0.123 e. The van der Waals surface area contributed by atoms with Gasteiger partial charge < -0.3 is 14.8 Å². The minimum atomic E-state index is 0.586. The van der Waals surface area contributed by atoms with Crippen molar-refractivity contribution in [2.24, 2.45) is 0 Å². The second-order valence-electron chi connectivity index (χ2n) is 5.18. The van der Waals surface area contributed by atoms with Gasteiger partial charge in [-0.25, -0.2) is 0 Å². The molecule has 2 aromatic rings. The first-order valence-electron chi connectivity index (χ1n) is 7.85. The minimum Gasteiger partial charge on any atom is -0.491 e. The Balaban J connectivity index is 1.85. The Kier molecular flexibility index (Phi) is 6.94. The van der Waals surface area contributed by atoms with E-state index in [1.54, 1.807) is 0 Å². The van der Waals surface area contributed by atoms with Crippen molar-refractivity contribution in [3.05, 3.63) is 65.2 Å². The summed E-state index contributed by atoms with van der Waals surface area (Å²) >= 11 is 0. The van der Waals surface area contributed by atoms with Crippen molar-refractivity contribution in [1.82, 2.24) is 5.32 Å². The number of rotatable bonds is 9. The summed E-state index contributed by atoms with van der Waals surface area (Å²) in [7, 11) is 0. The summed E-state index contributed by atoms with van der Waals surface area (Å²) in [6, 6.07) is 16.6. The summed E-state index contributed by atoms with van der Waals surface area (Å²) in [5.41, 5.74) is 3.82. The lowest BCUT2D eigenvalue weighted by atomic mass is 10.1. The van der Waals surface area contributed by atoms with Crippen molar-refractivity contribution < 1.29 is 9.47 Å². The van der Waals surface area contributed by atoms with Crippen LogP contribution in [0, 0.1) is 6.92 Å². The second-order valence-corrected chi connectivity index (χ2v) is 5.18. The highest BCUT2D eigenvalue weighted by Crippen LogP contribution is 2.18. The summed E-state index contributed by atoms with van der Waals surface area (Å²) in [6.07, 6.45) is 0. The zero-order valence-corrected chi connectivity index (χ0v) is 13.5. The molecule has 0 aliphatic rings. The van der Waals surface area contributed by atoms with Crippen molar-refractivity contribution in [3.8, 4) is 5.75 Å². The van der Waals surface area contributed by atoms with E-state index in [1.807, 2.05) is 25.1 Å². The lowest BCUT2D eigenvalue weighted by Crippen LogP contribution is -2.15. The van der Waals surface area contributed by atoms with Crippen molar-refractivity contribution >= 4 is 0 Å². The monoisotopic (exact) mass is 299 g/mol. The van der Waals surface area contributed by atoms with Crippen molar-refractivity contribution in [3.63, 3.8) is 0 Å². The van der Waals surface area contributed by atoms with Gasteiger partial charge in [-0.3, -0.25) is 0 Å². The highest BCUT2D eigenvalue weighted by Gasteiger charge is 2.03. The summed E-state index contributed by atoms with van der Waals surface area (Å²) in [4.78, 5) is 0. The standard InChI is InChI=1S/C19H25NO2/c1-3-21-12-13-22-19-11-7-6-10-18(19)15-20-14-17-9-5-4-8-16(17)2/h4-11,20H,3,12-15H2,1-2H3. The third kappa shape index (κ3) is 5.17. The first kappa shape index (κ1) is 16.5. The van der Waals surface area contributed by atoms with E-state index in [2.05, 4.69) is 42.6 Å². The van der Waals surface area contributed by atoms with E-state index in [9.17, 15) is 0 Å². The van der Waals surface area contributed by atoms with Crippen LogP contribution < -0.4 is 10.1 Å². The first-order valence-corrected chi connectivity index (χ1v) is 7.85. The summed E-state index contributed by atoms with van der Waals surface area (Å²) in [5.74, 6) is 0.930. The van der Waals surface area contributed by atoms with Crippen LogP contribution in [0.25, 0.3) is 0 Å². The molecule has 0 fully saturated rings. The highest BCUT2D eigenvalue weighted by molar-refractivity contribution is 5.33. The minimum absolute atomic E-state index is 0.586. The molecule has 0 bridgehead atoms. The molecule has 0 unspecified atom stereocenters. The van der Waals surface area contributed by atoms with Crippen LogP contribution in [-0.4, -0.2) is 19.8 Å². The van der Waals surface area contributed by atoms with Gasteiger partial charge in [-0.2, -0.15) is 0 Å². The van der Waals surface area contributed by atoms with Crippen LogP contribution in [0.4, 0.5) is 0 Å². The van der Waals surface area contributed by atoms with Crippen LogP contribution in [0.15, 0.2) is 48.5 Å². The molecule has 0 spiro atoms. The normalized spacial score (nSPS) is 10.6. The molecule has 0 radical (unpaired) electrons. The fourth-order valence-corrected chi connectivity index (χ4v) is 2.29. The maximum atomic E-state index is 5.80. The van der Waals surface area contributed by atoms with Gasteiger partial charge in [0.2, 0.25) is 0 Å². The lowest BCUT2D eigenvalue weighted by molar-refractivity contribution is 0.110. The lowest BCUT2D eigenvalue weighted by Gasteiger charge is -2.13. The Bertz CT molecular complexity index is 569. The number of hydrogen-bond donors (Lipinski definition) is 1. The molecule has 3 nitrogen and oxygen atoms in total. The Hall–Kier alpha value is -1.84. The molecule has 1 N–H and O–H groups in total. The van der Waals surface area contributed by atoms with E-state index in [1.165, 1.54) is 16.7 Å². The molecule has 0 aromatic heterocycles. The quantitative estimate of drug-likeness (QED) is 0.716. The van der Waals surface area contributed by atoms with Crippen LogP contribution in [0.2, 0.25) is 0 Å². The topological polar surface area (TPSA) is 30.5 Å². The Morgan fingerprint density at radius 2 is 1.55 bits per heavy atom. The zero-order valence-electron chi connectivity index (χ0n) is 13.5. The van der Waals surface area contributed by atoms with Crippen LogP contribution >= 0.6 is 0 Å². The fraction of sp³-hybridized carbons (Fsp3) is 0.368. The smallest absolute Gasteiger partial charge is 0.123 e. The number of hydrogen-bond acceptors (Lipinski definition) is 3. The molecule has 2 aromatic carbocycles. The molecule has 0 heterocycles. The van der Waals surface area contributed by atoms with Crippen molar-refractivity contribution in [2.75, 3.05) is 19.8 Å². The van der Waals surface area contributed by atoms with Crippen molar-refractivity contribution in [1.29, 1.82) is 0 Å². The Morgan fingerprint density at radius 3 is 2.32 bits per heavy atom. The second kappa shape index (κ2) is 9.23. The third-order valence-corrected chi connectivity index (χ3v) is 3.55. The summed E-state index contributed by atoms with van der Waals surface area (Å²) < 4.78 is 11.1. The van der Waals surface area contributed by atoms with E-state index in [-0.39, 0.29) is 0 Å². The number of nitrogens with one attached hydrogen (secondary N) is 1. The molecule has 22 heavy (non-hydrogen) atoms. The summed E-state index contributed by atoms with van der Waals surface area (Å²) in [5, 5.41) is 3.49. The van der Waals surface area contributed by atoms with Crippen LogP contribution in [-0.2, 0) is 17.8 Å². The first-order chi connectivity index (χ1) is 10.8. The average Bonchev–Trinajstić information content (AvgIpc) is 2.55. The molecule has 0 saturated heterocycles. The van der Waals surface area contributed by atoms with Gasteiger partial charge in [0.25, 0.3) is 0 Å². The highest BCUT2D eigenvalue weighted by atomic mass is 16.5. The van der Waals surface area contributed by atoms with Crippen LogP contribution in [0.5, 0.6) is 5.75 Å². The third-order valence-electron chi connectivity index (χ3n) is 3.55. The van der Waals surface area contributed by atoms with Gasteiger partial charge in [0.05, 0.1) is 6.61 Å². The van der Waals surface area contributed by atoms with Crippen LogP contribution in [0.1, 0.15) is 23.6 Å². The molecule has 0 atom stereocenters. The SMILES string of the molecule is CCOCCOc1ccccc1CNCc1ccccc1C. The molecule has 3 heteroatoms. The molecule has 0 saturated carbocycles. The predicted molar refractivity (Wildman–Crippen MR) is 90.2 cm³/mol. The molecule has 2 rings (SSSR count). The largest absolute Gasteiger partial charge is 0.491 e. The number of ether oxygens (including phenoxy) is 2. The fourth-order valence-electron chi connectivity index (χ4n) is 2.29. The van der Waals surface area contributed by atoms with Gasteiger partial charge >= 0.3 is 0 Å². The van der Waals surface area contributed by atoms with E-state index in [0.717, 1.165) is 25.4 Å². The Labute approximate surface area is 133 Å². The number of aryl methyl sites for hydroxylation is 1. The molecule has 118 valence electrons. The van der Waals surface area contributed by atoms with E-state index < -0.39 is 0 Å².